The number of hydrogen-bond donors (Lipinski definition) is 1. The fourth-order valence-corrected chi connectivity index (χ4v) is 4.92. The Balaban J connectivity index is 2.86. The Morgan fingerprint density at radius 3 is 1.70 bits per heavy atom. The molecule has 10 nitrogen and oxygen atoms in total. The smallest absolute Gasteiger partial charge is 0.223 e. The van der Waals surface area contributed by atoms with Crippen LogP contribution in [0.2, 0.25) is 0 Å². The summed E-state index contributed by atoms with van der Waals surface area (Å²) in [4.78, 5) is 48.5. The summed E-state index contributed by atoms with van der Waals surface area (Å²) in [5, 5.41) is 3.06. The number of ketones is 3. The maximum atomic E-state index is 13.4. The van der Waals surface area contributed by atoms with Gasteiger partial charge < -0.3 is 29.0 Å². The van der Waals surface area contributed by atoms with Crippen LogP contribution in [0.5, 0.6) is 0 Å². The predicted octanol–water partition coefficient (Wildman–Crippen LogP) is 4.63. The maximum Gasteiger partial charge on any atom is 0.223 e. The number of carbonyl (C=O) groups excluding carboxylic acids is 4. The van der Waals surface area contributed by atoms with Crippen molar-refractivity contribution in [3.63, 3.8) is 0 Å². The number of amides is 1. The highest BCUT2D eigenvalue weighted by atomic mass is 16.5. The quantitative estimate of drug-likeness (QED) is 0.147. The van der Waals surface area contributed by atoms with E-state index in [2.05, 4.69) is 26.1 Å². The first-order chi connectivity index (χ1) is 20.0. The van der Waals surface area contributed by atoms with Gasteiger partial charge in [0.25, 0.3) is 0 Å². The van der Waals surface area contributed by atoms with Gasteiger partial charge in [-0.25, -0.2) is 0 Å². The number of hydrogen-bond acceptors (Lipinski definition) is 9. The molecular weight excluding hydrogens is 554 g/mol. The molecule has 43 heavy (non-hydrogen) atoms. The zero-order valence-corrected chi connectivity index (χ0v) is 28.3. The van der Waals surface area contributed by atoms with Gasteiger partial charge >= 0.3 is 0 Å². The lowest BCUT2D eigenvalue weighted by Crippen LogP contribution is -2.59. The van der Waals surface area contributed by atoms with Gasteiger partial charge in [-0.2, -0.15) is 0 Å². The lowest BCUT2D eigenvalue weighted by molar-refractivity contribution is -0.172. The van der Waals surface area contributed by atoms with Crippen molar-refractivity contribution in [1.29, 1.82) is 0 Å². The van der Waals surface area contributed by atoms with Crippen LogP contribution in [-0.2, 0) is 42.9 Å². The molecule has 0 aromatic heterocycles. The number of Topliss-reactive ketones (excluding diaryl/α,β-unsaturated/α-hetero) is 3. The molecule has 1 N–H and O–H groups in total. The molecule has 0 heterocycles. The van der Waals surface area contributed by atoms with Crippen LogP contribution in [0.15, 0.2) is 0 Å². The number of rotatable bonds is 25. The standard InChI is InChI=1S/C33H59NO9/c1-23(2)16-27(7)42-28-17-29(18-28)43-32(8,9)19-31(38)34-33(20-39-13-10-25(5)35,21-40-14-11-26(6)36)22-41-15-12-30(37)24(3)4/h23-24,27-29H,10-22H2,1-9H3,(H,34,38). The van der Waals surface area contributed by atoms with Crippen molar-refractivity contribution in [1.82, 2.24) is 5.32 Å². The lowest BCUT2D eigenvalue weighted by Gasteiger charge is -2.41. The Morgan fingerprint density at radius 1 is 0.767 bits per heavy atom. The summed E-state index contributed by atoms with van der Waals surface area (Å²) in [6, 6.07) is 0. The van der Waals surface area contributed by atoms with E-state index in [0.717, 1.165) is 19.3 Å². The number of nitrogens with one attached hydrogen (secondary N) is 1. The van der Waals surface area contributed by atoms with Crippen LogP contribution >= 0.6 is 0 Å². The highest BCUT2D eigenvalue weighted by Crippen LogP contribution is 2.32. The second-order valence-corrected chi connectivity index (χ2v) is 13.6. The molecule has 1 rings (SSSR count). The van der Waals surface area contributed by atoms with E-state index in [1.807, 2.05) is 27.7 Å². The van der Waals surface area contributed by atoms with Gasteiger partial charge in [-0.3, -0.25) is 19.2 Å². The van der Waals surface area contributed by atoms with Crippen molar-refractivity contribution in [3.05, 3.63) is 0 Å². The van der Waals surface area contributed by atoms with Crippen molar-refractivity contribution >= 4 is 23.3 Å². The van der Waals surface area contributed by atoms with Crippen molar-refractivity contribution in [2.24, 2.45) is 11.8 Å². The Bertz CT molecular complexity index is 842. The highest BCUT2D eigenvalue weighted by Gasteiger charge is 2.39. The van der Waals surface area contributed by atoms with Gasteiger partial charge in [0.1, 0.15) is 22.9 Å². The molecular formula is C33H59NO9. The van der Waals surface area contributed by atoms with Crippen molar-refractivity contribution in [2.75, 3.05) is 39.6 Å². The van der Waals surface area contributed by atoms with Gasteiger partial charge in [-0.15, -0.1) is 0 Å². The molecule has 0 spiro atoms. The molecule has 0 radical (unpaired) electrons. The van der Waals surface area contributed by atoms with E-state index in [1.54, 1.807) is 0 Å². The average Bonchev–Trinajstić information content (AvgIpc) is 2.84. The second kappa shape index (κ2) is 19.6. The third-order valence-electron chi connectivity index (χ3n) is 7.22. The summed E-state index contributed by atoms with van der Waals surface area (Å²) in [6.07, 6.45) is 3.84. The van der Waals surface area contributed by atoms with E-state index in [0.29, 0.717) is 5.92 Å². The van der Waals surface area contributed by atoms with Crippen LogP contribution in [0, 0.1) is 11.8 Å². The van der Waals surface area contributed by atoms with Crippen molar-refractivity contribution in [2.45, 2.75) is 137 Å². The molecule has 1 aliphatic rings. The van der Waals surface area contributed by atoms with Gasteiger partial charge in [0.2, 0.25) is 5.91 Å². The monoisotopic (exact) mass is 613 g/mol. The minimum atomic E-state index is -1.09. The molecule has 0 saturated heterocycles. The Kier molecular flexibility index (Phi) is 17.9. The SMILES string of the molecule is CC(=O)CCOCC(COCCC(C)=O)(COCCC(=O)C(C)C)NC(=O)CC(C)(C)OC1CC(OC(C)CC(C)C)C1. The summed E-state index contributed by atoms with van der Waals surface area (Å²) in [5.74, 6) is 0.289. The van der Waals surface area contributed by atoms with Crippen molar-refractivity contribution in [3.8, 4) is 0 Å². The van der Waals surface area contributed by atoms with Gasteiger partial charge in [0.05, 0.1) is 70.0 Å². The van der Waals surface area contributed by atoms with Crippen LogP contribution in [0.1, 0.15) is 107 Å². The van der Waals surface area contributed by atoms with Crippen LogP contribution in [-0.4, -0.2) is 92.4 Å². The fourth-order valence-electron chi connectivity index (χ4n) is 4.92. The first-order valence-electron chi connectivity index (χ1n) is 15.9. The largest absolute Gasteiger partial charge is 0.378 e. The first kappa shape index (κ1) is 39.3. The predicted molar refractivity (Wildman–Crippen MR) is 165 cm³/mol. The van der Waals surface area contributed by atoms with E-state index in [1.165, 1.54) is 13.8 Å². The van der Waals surface area contributed by atoms with Crippen LogP contribution in [0.3, 0.4) is 0 Å². The van der Waals surface area contributed by atoms with Crippen LogP contribution in [0.4, 0.5) is 0 Å². The molecule has 0 aromatic carbocycles. The normalized spacial score (nSPS) is 18.0. The van der Waals surface area contributed by atoms with Gasteiger partial charge in [-0.05, 0) is 59.8 Å². The molecule has 10 heteroatoms. The Hall–Kier alpha value is -1.72. The highest BCUT2D eigenvalue weighted by molar-refractivity contribution is 5.80. The van der Waals surface area contributed by atoms with Gasteiger partial charge in [0.15, 0.2) is 0 Å². The minimum Gasteiger partial charge on any atom is -0.378 e. The Labute approximate surface area is 259 Å². The number of carbonyl (C=O) groups is 4. The fraction of sp³-hybridized carbons (Fsp3) is 0.879. The lowest BCUT2D eigenvalue weighted by atomic mass is 9.90. The van der Waals surface area contributed by atoms with E-state index in [4.69, 9.17) is 23.7 Å². The molecule has 1 saturated carbocycles. The van der Waals surface area contributed by atoms with Crippen LogP contribution < -0.4 is 5.32 Å². The molecule has 0 aliphatic heterocycles. The third kappa shape index (κ3) is 18.0. The summed E-state index contributed by atoms with van der Waals surface area (Å²) in [6.45, 7) is 17.6. The third-order valence-corrected chi connectivity index (χ3v) is 7.22. The minimum absolute atomic E-state index is 0.00676. The molecule has 1 fully saturated rings. The van der Waals surface area contributed by atoms with E-state index in [9.17, 15) is 19.2 Å². The number of ether oxygens (including phenoxy) is 5. The Morgan fingerprint density at radius 2 is 1.26 bits per heavy atom. The summed E-state index contributed by atoms with van der Waals surface area (Å²) < 4.78 is 30.0. The average molecular weight is 614 g/mol. The molecule has 1 amide bonds. The zero-order valence-electron chi connectivity index (χ0n) is 28.3. The van der Waals surface area contributed by atoms with Crippen molar-refractivity contribution < 1.29 is 42.9 Å². The van der Waals surface area contributed by atoms with Gasteiger partial charge in [-0.1, -0.05) is 27.7 Å². The summed E-state index contributed by atoms with van der Waals surface area (Å²) in [5.41, 5.74) is -1.83. The topological polar surface area (TPSA) is 126 Å². The zero-order chi connectivity index (χ0) is 32.6. The molecule has 1 unspecified atom stereocenters. The van der Waals surface area contributed by atoms with E-state index in [-0.39, 0.29) is 113 Å². The van der Waals surface area contributed by atoms with Crippen LogP contribution in [0.25, 0.3) is 0 Å². The maximum absolute atomic E-state index is 13.4. The van der Waals surface area contributed by atoms with E-state index >= 15 is 0 Å². The van der Waals surface area contributed by atoms with E-state index < -0.39 is 11.1 Å². The molecule has 1 atom stereocenters. The summed E-state index contributed by atoms with van der Waals surface area (Å²) >= 11 is 0. The molecule has 0 bridgehead atoms. The summed E-state index contributed by atoms with van der Waals surface area (Å²) in [7, 11) is 0. The molecule has 1 aliphatic carbocycles. The second-order valence-electron chi connectivity index (χ2n) is 13.6. The molecule has 250 valence electrons. The first-order valence-corrected chi connectivity index (χ1v) is 15.9. The molecule has 0 aromatic rings. The van der Waals surface area contributed by atoms with Gasteiger partial charge in [0, 0.05) is 25.2 Å².